The van der Waals surface area contributed by atoms with E-state index in [1.54, 1.807) is 12.1 Å². The van der Waals surface area contributed by atoms with Crippen molar-refractivity contribution in [3.63, 3.8) is 0 Å². The number of benzene rings is 1. The molecule has 1 unspecified atom stereocenters. The van der Waals surface area contributed by atoms with Crippen LogP contribution < -0.4 is 4.90 Å². The molecule has 1 heterocycles. The summed E-state index contributed by atoms with van der Waals surface area (Å²) in [5.74, 6) is -0.930. The molecule has 0 radical (unpaired) electrons. The molecule has 1 aliphatic heterocycles. The third-order valence-corrected chi connectivity index (χ3v) is 3.66. The maximum atomic E-state index is 11.3. The van der Waals surface area contributed by atoms with Gasteiger partial charge in [0.2, 0.25) is 0 Å². The van der Waals surface area contributed by atoms with E-state index >= 15 is 0 Å². The Kier molecular flexibility index (Phi) is 3.78. The number of likely N-dealkylation sites (N-methyl/N-ethyl adjacent to an activating group) is 1. The van der Waals surface area contributed by atoms with Crippen LogP contribution >= 0.6 is 11.6 Å². The topological polar surface area (TPSA) is 43.8 Å². The molecule has 0 aliphatic carbocycles. The third-order valence-electron chi connectivity index (χ3n) is 3.42. The van der Waals surface area contributed by atoms with Gasteiger partial charge in [0.05, 0.1) is 11.3 Å². The van der Waals surface area contributed by atoms with E-state index in [0.717, 1.165) is 25.2 Å². The summed E-state index contributed by atoms with van der Waals surface area (Å²) in [6.07, 6.45) is 1.05. The quantitative estimate of drug-likeness (QED) is 0.913. The van der Waals surface area contributed by atoms with E-state index < -0.39 is 5.97 Å². The fourth-order valence-electron chi connectivity index (χ4n) is 2.34. The number of hydrogen-bond acceptors (Lipinski definition) is 3. The summed E-state index contributed by atoms with van der Waals surface area (Å²) in [7, 11) is 4.10. The van der Waals surface area contributed by atoms with Crippen molar-refractivity contribution in [1.29, 1.82) is 0 Å². The summed E-state index contributed by atoms with van der Waals surface area (Å²) in [5, 5.41) is 9.69. The zero-order chi connectivity index (χ0) is 13.3. The molecular weight excluding hydrogens is 252 g/mol. The second kappa shape index (κ2) is 5.16. The molecule has 0 amide bonds. The van der Waals surface area contributed by atoms with Gasteiger partial charge in [-0.05, 0) is 38.7 Å². The number of rotatable bonds is 3. The van der Waals surface area contributed by atoms with Gasteiger partial charge in [-0.25, -0.2) is 4.79 Å². The van der Waals surface area contributed by atoms with Gasteiger partial charge >= 0.3 is 5.97 Å². The summed E-state index contributed by atoms with van der Waals surface area (Å²) in [6, 6.07) is 5.53. The number of carbonyl (C=O) groups is 1. The number of anilines is 1. The molecule has 1 atom stereocenters. The lowest BCUT2D eigenvalue weighted by atomic mass is 10.1. The molecule has 98 valence electrons. The second-order valence-electron chi connectivity index (χ2n) is 4.82. The Morgan fingerprint density at radius 3 is 2.78 bits per heavy atom. The van der Waals surface area contributed by atoms with E-state index in [1.165, 1.54) is 6.07 Å². The van der Waals surface area contributed by atoms with Crippen molar-refractivity contribution in [2.75, 3.05) is 32.1 Å². The molecule has 0 bridgehead atoms. The van der Waals surface area contributed by atoms with E-state index in [9.17, 15) is 9.90 Å². The first kappa shape index (κ1) is 13.2. The first-order valence-corrected chi connectivity index (χ1v) is 6.31. The van der Waals surface area contributed by atoms with Crippen LogP contribution in [0.1, 0.15) is 16.8 Å². The third kappa shape index (κ3) is 2.60. The first-order chi connectivity index (χ1) is 8.49. The van der Waals surface area contributed by atoms with Crippen molar-refractivity contribution < 1.29 is 9.90 Å². The SMILES string of the molecule is CN(C)C1CCN(c2ccc(Cl)cc2C(=O)O)C1. The molecule has 0 saturated carbocycles. The largest absolute Gasteiger partial charge is 0.478 e. The smallest absolute Gasteiger partial charge is 0.337 e. The lowest BCUT2D eigenvalue weighted by Crippen LogP contribution is -2.31. The van der Waals surface area contributed by atoms with Gasteiger partial charge < -0.3 is 14.9 Å². The first-order valence-electron chi connectivity index (χ1n) is 5.93. The van der Waals surface area contributed by atoms with Crippen molar-refractivity contribution in [3.8, 4) is 0 Å². The predicted molar refractivity (Wildman–Crippen MR) is 72.7 cm³/mol. The van der Waals surface area contributed by atoms with E-state index in [2.05, 4.69) is 9.80 Å². The van der Waals surface area contributed by atoms with Crippen LogP contribution in [0.3, 0.4) is 0 Å². The number of hydrogen-bond donors (Lipinski definition) is 1. The molecule has 4 nitrogen and oxygen atoms in total. The molecule has 1 aromatic carbocycles. The van der Waals surface area contributed by atoms with Gasteiger partial charge in [0, 0.05) is 24.2 Å². The lowest BCUT2D eigenvalue weighted by Gasteiger charge is -2.23. The average molecular weight is 269 g/mol. The Morgan fingerprint density at radius 2 is 2.22 bits per heavy atom. The Balaban J connectivity index is 2.27. The maximum absolute atomic E-state index is 11.3. The minimum absolute atomic E-state index is 0.280. The van der Waals surface area contributed by atoms with E-state index in [0.29, 0.717) is 11.1 Å². The standard InChI is InChI=1S/C13H17ClN2O2/c1-15(2)10-5-6-16(8-10)12-4-3-9(14)7-11(12)13(17)18/h3-4,7,10H,5-6,8H2,1-2H3,(H,17,18). The molecule has 2 rings (SSSR count). The van der Waals surface area contributed by atoms with Crippen LogP contribution in [0.15, 0.2) is 18.2 Å². The molecule has 1 aromatic rings. The van der Waals surface area contributed by atoms with Gasteiger partial charge in [0.25, 0.3) is 0 Å². The fraction of sp³-hybridized carbons (Fsp3) is 0.462. The number of halogens is 1. The highest BCUT2D eigenvalue weighted by atomic mass is 35.5. The molecule has 18 heavy (non-hydrogen) atoms. The summed E-state index contributed by atoms with van der Waals surface area (Å²) >= 11 is 5.86. The average Bonchev–Trinajstić information content (AvgIpc) is 2.78. The summed E-state index contributed by atoms with van der Waals surface area (Å²) < 4.78 is 0. The van der Waals surface area contributed by atoms with Crippen molar-refractivity contribution in [1.82, 2.24) is 4.90 Å². The van der Waals surface area contributed by atoms with Crippen molar-refractivity contribution in [2.45, 2.75) is 12.5 Å². The number of nitrogens with zero attached hydrogens (tertiary/aromatic N) is 2. The van der Waals surface area contributed by atoms with Crippen LogP contribution in [0.4, 0.5) is 5.69 Å². The van der Waals surface area contributed by atoms with E-state index in [4.69, 9.17) is 11.6 Å². The van der Waals surface area contributed by atoms with E-state index in [-0.39, 0.29) is 5.56 Å². The van der Waals surface area contributed by atoms with Gasteiger partial charge in [-0.15, -0.1) is 0 Å². The lowest BCUT2D eigenvalue weighted by molar-refractivity contribution is 0.0697. The monoisotopic (exact) mass is 268 g/mol. The maximum Gasteiger partial charge on any atom is 0.337 e. The molecule has 1 aliphatic rings. The minimum Gasteiger partial charge on any atom is -0.478 e. The Bertz CT molecular complexity index is 462. The molecule has 1 fully saturated rings. The van der Waals surface area contributed by atoms with Crippen LogP contribution in [0.25, 0.3) is 0 Å². The predicted octanol–water partition coefficient (Wildman–Crippen LogP) is 2.18. The summed E-state index contributed by atoms with van der Waals surface area (Å²) in [4.78, 5) is 15.5. The van der Waals surface area contributed by atoms with Crippen molar-refractivity contribution >= 4 is 23.3 Å². The zero-order valence-electron chi connectivity index (χ0n) is 10.6. The van der Waals surface area contributed by atoms with Crippen LogP contribution in [-0.4, -0.2) is 49.2 Å². The summed E-state index contributed by atoms with van der Waals surface area (Å²) in [5.41, 5.74) is 1.04. The van der Waals surface area contributed by atoms with Crippen LogP contribution in [-0.2, 0) is 0 Å². The molecule has 0 aromatic heterocycles. The van der Waals surface area contributed by atoms with Crippen LogP contribution in [0.2, 0.25) is 5.02 Å². The fourth-order valence-corrected chi connectivity index (χ4v) is 2.51. The van der Waals surface area contributed by atoms with Gasteiger partial charge in [0.1, 0.15) is 0 Å². The summed E-state index contributed by atoms with van der Waals surface area (Å²) in [6.45, 7) is 1.74. The Hall–Kier alpha value is -1.26. The number of carboxylic acids is 1. The van der Waals surface area contributed by atoms with Crippen molar-refractivity contribution in [2.24, 2.45) is 0 Å². The minimum atomic E-state index is -0.930. The highest BCUT2D eigenvalue weighted by Gasteiger charge is 2.26. The Labute approximate surface area is 112 Å². The van der Waals surface area contributed by atoms with Crippen LogP contribution in [0.5, 0.6) is 0 Å². The van der Waals surface area contributed by atoms with Gasteiger partial charge in [0.15, 0.2) is 0 Å². The highest BCUT2D eigenvalue weighted by molar-refractivity contribution is 6.31. The molecule has 1 N–H and O–H groups in total. The normalized spacial score (nSPS) is 19.6. The van der Waals surface area contributed by atoms with Gasteiger partial charge in [-0.2, -0.15) is 0 Å². The molecule has 5 heteroatoms. The highest BCUT2D eigenvalue weighted by Crippen LogP contribution is 2.28. The van der Waals surface area contributed by atoms with Crippen LogP contribution in [0, 0.1) is 0 Å². The van der Waals surface area contributed by atoms with Crippen molar-refractivity contribution in [3.05, 3.63) is 28.8 Å². The van der Waals surface area contributed by atoms with Gasteiger partial charge in [-0.3, -0.25) is 0 Å². The zero-order valence-corrected chi connectivity index (χ0v) is 11.3. The Morgan fingerprint density at radius 1 is 1.50 bits per heavy atom. The molecule has 0 spiro atoms. The van der Waals surface area contributed by atoms with E-state index in [1.807, 2.05) is 14.1 Å². The number of carboxylic acid groups (broad SMARTS) is 1. The second-order valence-corrected chi connectivity index (χ2v) is 5.26. The molecule has 1 saturated heterocycles. The molecular formula is C13H17ClN2O2. The van der Waals surface area contributed by atoms with Gasteiger partial charge in [-0.1, -0.05) is 11.6 Å². The number of aromatic carboxylic acids is 1.